The number of anilines is 1. The quantitative estimate of drug-likeness (QED) is 0.854. The van der Waals surface area contributed by atoms with Gasteiger partial charge < -0.3 is 15.1 Å². The van der Waals surface area contributed by atoms with Gasteiger partial charge in [0.05, 0.1) is 12.1 Å². The second kappa shape index (κ2) is 4.85. The number of benzene rings is 1. The van der Waals surface area contributed by atoms with Crippen molar-refractivity contribution < 1.29 is 15.0 Å². The first-order chi connectivity index (χ1) is 9.18. The number of nitrogens with zero attached hydrogens (tertiary/aromatic N) is 1. The molecule has 0 radical (unpaired) electrons. The van der Waals surface area contributed by atoms with E-state index in [9.17, 15) is 15.0 Å². The summed E-state index contributed by atoms with van der Waals surface area (Å²) in [6.07, 6.45) is 3.60. The molecule has 1 aliphatic carbocycles. The molecule has 1 fully saturated rings. The Morgan fingerprint density at radius 3 is 2.68 bits per heavy atom. The molecular weight excluding hydrogens is 242 g/mol. The van der Waals surface area contributed by atoms with Crippen molar-refractivity contribution in [2.45, 2.75) is 43.7 Å². The van der Waals surface area contributed by atoms with Crippen LogP contribution in [-0.2, 0) is 4.79 Å². The van der Waals surface area contributed by atoms with Gasteiger partial charge in [-0.05, 0) is 24.5 Å². The highest BCUT2D eigenvalue weighted by molar-refractivity contribution is 5.83. The molecule has 1 aromatic rings. The minimum Gasteiger partial charge on any atom is -0.481 e. The van der Waals surface area contributed by atoms with Crippen LogP contribution < -0.4 is 4.90 Å². The molecule has 0 saturated heterocycles. The van der Waals surface area contributed by atoms with Crippen LogP contribution in [0.25, 0.3) is 0 Å². The maximum absolute atomic E-state index is 11.4. The van der Waals surface area contributed by atoms with E-state index in [1.165, 1.54) is 0 Å². The van der Waals surface area contributed by atoms with E-state index in [-0.39, 0.29) is 12.1 Å². The zero-order chi connectivity index (χ0) is 13.4. The molecule has 1 aliphatic heterocycles. The van der Waals surface area contributed by atoms with Crippen LogP contribution in [-0.4, -0.2) is 34.9 Å². The molecule has 3 atom stereocenters. The number of fused-ring (bicyclic) bond motifs is 1. The number of aliphatic hydroxyl groups is 1. The summed E-state index contributed by atoms with van der Waals surface area (Å²) in [5.41, 5.74) is 1.87. The second-order valence-electron chi connectivity index (χ2n) is 5.52. The largest absolute Gasteiger partial charge is 0.481 e. The number of hydrogen-bond acceptors (Lipinski definition) is 3. The lowest BCUT2D eigenvalue weighted by Gasteiger charge is -2.37. The van der Waals surface area contributed by atoms with Crippen LogP contribution in [0.4, 0.5) is 5.69 Å². The number of carboxylic acid groups (broad SMARTS) is 1. The third kappa shape index (κ3) is 2.10. The minimum absolute atomic E-state index is 0.0688. The van der Waals surface area contributed by atoms with Gasteiger partial charge in [-0.1, -0.05) is 31.0 Å². The van der Waals surface area contributed by atoms with Crippen LogP contribution in [0.2, 0.25) is 0 Å². The number of rotatable bonds is 2. The third-order valence-corrected chi connectivity index (χ3v) is 4.39. The number of carboxylic acids is 1. The highest BCUT2D eigenvalue weighted by atomic mass is 16.4. The molecule has 2 N–H and O–H groups in total. The molecule has 1 saturated carbocycles. The maximum atomic E-state index is 11.4. The first-order valence-corrected chi connectivity index (χ1v) is 6.95. The van der Waals surface area contributed by atoms with E-state index in [2.05, 4.69) is 4.90 Å². The summed E-state index contributed by atoms with van der Waals surface area (Å²) in [5.74, 6) is -1.24. The maximum Gasteiger partial charge on any atom is 0.312 e. The van der Waals surface area contributed by atoms with Crippen molar-refractivity contribution in [1.82, 2.24) is 0 Å². The molecule has 0 aromatic heterocycles. The molecule has 3 unspecified atom stereocenters. The summed E-state index contributed by atoms with van der Waals surface area (Å²) in [4.78, 5) is 13.5. The SMILES string of the molecule is O=C(O)C1CN(C2CCCCC2O)c2ccccc21. The second-order valence-corrected chi connectivity index (χ2v) is 5.52. The summed E-state index contributed by atoms with van der Waals surface area (Å²) in [7, 11) is 0. The van der Waals surface area contributed by atoms with Gasteiger partial charge in [0.2, 0.25) is 0 Å². The summed E-state index contributed by atoms with van der Waals surface area (Å²) in [6, 6.07) is 7.75. The van der Waals surface area contributed by atoms with E-state index in [4.69, 9.17) is 0 Å². The average Bonchev–Trinajstić information content (AvgIpc) is 2.79. The predicted octanol–water partition coefficient (Wildman–Crippen LogP) is 1.98. The Labute approximate surface area is 112 Å². The van der Waals surface area contributed by atoms with Gasteiger partial charge in [-0.15, -0.1) is 0 Å². The topological polar surface area (TPSA) is 60.8 Å². The monoisotopic (exact) mass is 261 g/mol. The van der Waals surface area contributed by atoms with Crippen molar-refractivity contribution in [3.05, 3.63) is 29.8 Å². The van der Waals surface area contributed by atoms with Crippen molar-refractivity contribution >= 4 is 11.7 Å². The van der Waals surface area contributed by atoms with Crippen molar-refractivity contribution in [3.8, 4) is 0 Å². The number of hydrogen-bond donors (Lipinski definition) is 2. The number of aliphatic carboxylic acids is 1. The number of para-hydroxylation sites is 1. The molecule has 1 aromatic carbocycles. The van der Waals surface area contributed by atoms with E-state index in [0.717, 1.165) is 36.9 Å². The van der Waals surface area contributed by atoms with Crippen LogP contribution in [0, 0.1) is 0 Å². The summed E-state index contributed by atoms with van der Waals surface area (Å²) in [5, 5.41) is 19.5. The van der Waals surface area contributed by atoms with Crippen molar-refractivity contribution in [2.75, 3.05) is 11.4 Å². The molecule has 4 nitrogen and oxygen atoms in total. The summed E-state index contributed by atoms with van der Waals surface area (Å²) < 4.78 is 0. The summed E-state index contributed by atoms with van der Waals surface area (Å²) >= 11 is 0. The van der Waals surface area contributed by atoms with Gasteiger partial charge in [0.25, 0.3) is 0 Å². The summed E-state index contributed by atoms with van der Waals surface area (Å²) in [6.45, 7) is 0.483. The van der Waals surface area contributed by atoms with Gasteiger partial charge in [-0.25, -0.2) is 0 Å². The van der Waals surface area contributed by atoms with Gasteiger partial charge in [0, 0.05) is 12.2 Å². The third-order valence-electron chi connectivity index (χ3n) is 4.39. The van der Waals surface area contributed by atoms with Gasteiger partial charge in [-0.3, -0.25) is 4.79 Å². The van der Waals surface area contributed by atoms with Crippen LogP contribution in [0.1, 0.15) is 37.2 Å². The Bertz CT molecular complexity index is 488. The van der Waals surface area contributed by atoms with E-state index in [1.54, 1.807) is 0 Å². The lowest BCUT2D eigenvalue weighted by Crippen LogP contribution is -2.45. The molecule has 4 heteroatoms. The minimum atomic E-state index is -0.778. The Kier molecular flexibility index (Phi) is 3.19. The van der Waals surface area contributed by atoms with Crippen LogP contribution in [0.5, 0.6) is 0 Å². The molecular formula is C15H19NO3. The molecule has 3 rings (SSSR count). The van der Waals surface area contributed by atoms with Crippen LogP contribution in [0.3, 0.4) is 0 Å². The first-order valence-electron chi connectivity index (χ1n) is 6.95. The lowest BCUT2D eigenvalue weighted by atomic mass is 9.91. The van der Waals surface area contributed by atoms with Crippen molar-refractivity contribution in [2.24, 2.45) is 0 Å². The van der Waals surface area contributed by atoms with Gasteiger partial charge in [-0.2, -0.15) is 0 Å². The molecule has 0 spiro atoms. The van der Waals surface area contributed by atoms with Crippen molar-refractivity contribution in [1.29, 1.82) is 0 Å². The molecule has 19 heavy (non-hydrogen) atoms. The fraction of sp³-hybridized carbons (Fsp3) is 0.533. The normalized spacial score (nSPS) is 30.2. The lowest BCUT2D eigenvalue weighted by molar-refractivity contribution is -0.138. The Balaban J connectivity index is 1.93. The van der Waals surface area contributed by atoms with Crippen LogP contribution >= 0.6 is 0 Å². The fourth-order valence-electron chi connectivity index (χ4n) is 3.42. The van der Waals surface area contributed by atoms with Crippen molar-refractivity contribution in [3.63, 3.8) is 0 Å². The number of carbonyl (C=O) groups is 1. The zero-order valence-corrected chi connectivity index (χ0v) is 10.8. The Morgan fingerprint density at radius 1 is 1.21 bits per heavy atom. The molecule has 0 bridgehead atoms. The average molecular weight is 261 g/mol. The zero-order valence-electron chi connectivity index (χ0n) is 10.8. The highest BCUT2D eigenvalue weighted by Gasteiger charge is 2.39. The standard InChI is InChI=1S/C15H19NO3/c17-14-8-4-3-7-13(14)16-9-11(15(18)19)10-5-1-2-6-12(10)16/h1-2,5-6,11,13-14,17H,3-4,7-9H2,(H,18,19). The van der Waals surface area contributed by atoms with Gasteiger partial charge >= 0.3 is 5.97 Å². The van der Waals surface area contributed by atoms with E-state index < -0.39 is 11.9 Å². The number of aliphatic hydroxyl groups excluding tert-OH is 1. The molecule has 0 amide bonds. The van der Waals surface area contributed by atoms with Gasteiger partial charge in [0.15, 0.2) is 0 Å². The fourth-order valence-corrected chi connectivity index (χ4v) is 3.42. The Hall–Kier alpha value is -1.55. The smallest absolute Gasteiger partial charge is 0.312 e. The van der Waals surface area contributed by atoms with E-state index in [1.807, 2.05) is 24.3 Å². The Morgan fingerprint density at radius 2 is 1.95 bits per heavy atom. The molecule has 1 heterocycles. The molecule has 2 aliphatic rings. The van der Waals surface area contributed by atoms with E-state index in [0.29, 0.717) is 6.54 Å². The molecule has 102 valence electrons. The highest BCUT2D eigenvalue weighted by Crippen LogP contribution is 2.40. The van der Waals surface area contributed by atoms with Gasteiger partial charge in [0.1, 0.15) is 5.92 Å². The van der Waals surface area contributed by atoms with Crippen LogP contribution in [0.15, 0.2) is 24.3 Å². The van der Waals surface area contributed by atoms with E-state index >= 15 is 0 Å². The predicted molar refractivity (Wildman–Crippen MR) is 72.4 cm³/mol. The first kappa shape index (κ1) is 12.5.